The average Bonchev–Trinajstić information content (AvgIpc) is 3.57. The van der Waals surface area contributed by atoms with Crippen LogP contribution in [0, 0.1) is 0 Å². The number of carbonyl (C=O) groups excluding carboxylic acids is 1. The molecule has 0 fully saturated rings. The van der Waals surface area contributed by atoms with Crippen LogP contribution < -0.4 is 9.64 Å². The number of nitrogens with zero attached hydrogens (tertiary/aromatic N) is 2. The molecule has 0 saturated heterocycles. The lowest BCUT2D eigenvalue weighted by molar-refractivity contribution is 0.0256. The fraction of sp³-hybridized carbons (Fsp3) is 0.154. The van der Waals surface area contributed by atoms with Gasteiger partial charge in [0.15, 0.2) is 5.60 Å². The van der Waals surface area contributed by atoms with E-state index >= 15 is 0 Å². The smallest absolute Gasteiger partial charge is 0.340 e. The quantitative estimate of drug-likeness (QED) is 0.170. The molecule has 0 spiro atoms. The van der Waals surface area contributed by atoms with Gasteiger partial charge in [0, 0.05) is 47.7 Å². The first kappa shape index (κ1) is 27.5. The van der Waals surface area contributed by atoms with E-state index in [1.165, 1.54) is 5.56 Å². The number of rotatable bonds is 8. The maximum Gasteiger partial charge on any atom is 0.340 e. The predicted octanol–water partition coefficient (Wildman–Crippen LogP) is 8.44. The van der Waals surface area contributed by atoms with E-state index in [2.05, 4.69) is 108 Å². The standard InChI is InChI=1S/C39H34N2O3/c1-4-41-33-22-14-12-20-31(33)36(37(41)28-17-9-6-10-18-28)39(32-21-13-11-19-30(32)38(42)44-39)29-23-24-34(35(25-29)43-3)40(2)26-27-15-7-5-8-16-27/h5-25H,4,26H2,1-3H3. The predicted molar refractivity (Wildman–Crippen MR) is 176 cm³/mol. The van der Waals surface area contributed by atoms with Gasteiger partial charge in [-0.25, -0.2) is 4.79 Å². The highest BCUT2D eigenvalue weighted by Gasteiger charge is 2.52. The highest BCUT2D eigenvalue weighted by molar-refractivity contribution is 6.01. The summed E-state index contributed by atoms with van der Waals surface area (Å²) >= 11 is 0. The van der Waals surface area contributed by atoms with E-state index in [0.29, 0.717) is 11.3 Å². The van der Waals surface area contributed by atoms with Crippen LogP contribution in [-0.2, 0) is 23.4 Å². The summed E-state index contributed by atoms with van der Waals surface area (Å²) in [5.41, 5.74) is 7.32. The summed E-state index contributed by atoms with van der Waals surface area (Å²) in [5, 5.41) is 1.04. The Balaban J connectivity index is 1.52. The van der Waals surface area contributed by atoms with Crippen LogP contribution in [-0.4, -0.2) is 24.7 Å². The Kier molecular flexibility index (Phi) is 6.94. The molecule has 0 amide bonds. The van der Waals surface area contributed by atoms with Crippen molar-refractivity contribution in [2.45, 2.75) is 25.6 Å². The molecular weight excluding hydrogens is 544 g/mol. The first-order valence-electron chi connectivity index (χ1n) is 15.0. The van der Waals surface area contributed by atoms with Crippen LogP contribution in [0.2, 0.25) is 0 Å². The van der Waals surface area contributed by atoms with E-state index < -0.39 is 5.60 Å². The minimum Gasteiger partial charge on any atom is -0.495 e. The second-order valence-corrected chi connectivity index (χ2v) is 11.2. The molecule has 44 heavy (non-hydrogen) atoms. The zero-order valence-electron chi connectivity index (χ0n) is 25.2. The monoisotopic (exact) mass is 578 g/mol. The molecule has 1 aromatic heterocycles. The van der Waals surface area contributed by atoms with Gasteiger partial charge >= 0.3 is 5.97 Å². The number of cyclic esters (lactones) is 1. The molecular formula is C39H34N2O3. The van der Waals surface area contributed by atoms with Gasteiger partial charge < -0.3 is 18.9 Å². The van der Waals surface area contributed by atoms with Crippen molar-refractivity contribution in [2.75, 3.05) is 19.1 Å². The topological polar surface area (TPSA) is 43.7 Å². The molecule has 0 bridgehead atoms. The molecule has 2 heterocycles. The summed E-state index contributed by atoms with van der Waals surface area (Å²) in [6.45, 7) is 3.63. The number of esters is 1. The normalized spacial score (nSPS) is 15.7. The van der Waals surface area contributed by atoms with Crippen molar-refractivity contribution in [3.8, 4) is 17.0 Å². The first-order valence-corrected chi connectivity index (χ1v) is 15.0. The van der Waals surface area contributed by atoms with Crippen LogP contribution in [0.4, 0.5) is 5.69 Å². The van der Waals surface area contributed by atoms with E-state index in [9.17, 15) is 4.79 Å². The van der Waals surface area contributed by atoms with Crippen molar-refractivity contribution < 1.29 is 14.3 Å². The molecule has 0 N–H and O–H groups in total. The number of anilines is 1. The third-order valence-corrected chi connectivity index (χ3v) is 8.72. The molecule has 5 aromatic carbocycles. The SMILES string of the molecule is CCn1c(-c2ccccc2)c(C2(c3ccc(N(C)Cc4ccccc4)c(OC)c3)OC(=O)c3ccccc32)c2ccccc21. The fourth-order valence-corrected chi connectivity index (χ4v) is 6.80. The van der Waals surface area contributed by atoms with Gasteiger partial charge in [0.05, 0.1) is 24.1 Å². The van der Waals surface area contributed by atoms with Gasteiger partial charge in [-0.15, -0.1) is 0 Å². The van der Waals surface area contributed by atoms with Crippen molar-refractivity contribution in [1.82, 2.24) is 4.57 Å². The Hall–Kier alpha value is -5.29. The number of fused-ring (bicyclic) bond motifs is 2. The number of para-hydroxylation sites is 1. The summed E-state index contributed by atoms with van der Waals surface area (Å²) < 4.78 is 15.1. The second kappa shape index (κ2) is 11.1. The van der Waals surface area contributed by atoms with Crippen LogP contribution >= 0.6 is 0 Å². The third-order valence-electron chi connectivity index (χ3n) is 8.72. The van der Waals surface area contributed by atoms with E-state index in [-0.39, 0.29) is 5.97 Å². The largest absolute Gasteiger partial charge is 0.495 e. The number of hydrogen-bond donors (Lipinski definition) is 0. The zero-order valence-corrected chi connectivity index (χ0v) is 25.2. The van der Waals surface area contributed by atoms with Crippen molar-refractivity contribution >= 4 is 22.6 Å². The Morgan fingerprint density at radius 2 is 1.50 bits per heavy atom. The Bertz CT molecular complexity index is 1980. The van der Waals surface area contributed by atoms with E-state index in [1.807, 2.05) is 42.5 Å². The van der Waals surface area contributed by atoms with E-state index in [1.54, 1.807) is 7.11 Å². The molecule has 1 aliphatic rings. The Labute approximate surface area is 257 Å². The lowest BCUT2D eigenvalue weighted by Gasteiger charge is -2.32. The fourth-order valence-electron chi connectivity index (χ4n) is 6.80. The van der Waals surface area contributed by atoms with Gasteiger partial charge in [-0.1, -0.05) is 103 Å². The van der Waals surface area contributed by atoms with Gasteiger partial charge in [-0.05, 0) is 42.3 Å². The van der Waals surface area contributed by atoms with Gasteiger partial charge in [0.25, 0.3) is 0 Å². The number of aryl methyl sites for hydroxylation is 1. The summed E-state index contributed by atoms with van der Waals surface area (Å²) in [6, 6.07) is 43.1. The highest BCUT2D eigenvalue weighted by Crippen LogP contribution is 2.54. The van der Waals surface area contributed by atoms with E-state index in [0.717, 1.165) is 57.6 Å². The van der Waals surface area contributed by atoms with Gasteiger partial charge in [0.1, 0.15) is 5.75 Å². The van der Waals surface area contributed by atoms with Crippen molar-refractivity contribution in [3.05, 3.63) is 155 Å². The molecule has 1 unspecified atom stereocenters. The molecule has 5 heteroatoms. The van der Waals surface area contributed by atoms with Crippen LogP contribution in [0.3, 0.4) is 0 Å². The molecule has 0 saturated carbocycles. The van der Waals surface area contributed by atoms with Crippen molar-refractivity contribution in [1.29, 1.82) is 0 Å². The van der Waals surface area contributed by atoms with Crippen LogP contribution in [0.15, 0.2) is 127 Å². The number of hydrogen-bond acceptors (Lipinski definition) is 4. The maximum absolute atomic E-state index is 13.8. The molecule has 6 aromatic rings. The third kappa shape index (κ3) is 4.27. The van der Waals surface area contributed by atoms with Crippen molar-refractivity contribution in [3.63, 3.8) is 0 Å². The number of ether oxygens (including phenoxy) is 2. The van der Waals surface area contributed by atoms with Gasteiger partial charge in [-0.2, -0.15) is 0 Å². The summed E-state index contributed by atoms with van der Waals surface area (Å²) in [7, 11) is 3.76. The van der Waals surface area contributed by atoms with Gasteiger partial charge in [-0.3, -0.25) is 0 Å². The van der Waals surface area contributed by atoms with Crippen LogP contribution in [0.5, 0.6) is 5.75 Å². The first-order chi connectivity index (χ1) is 21.6. The number of methoxy groups -OCH3 is 1. The highest BCUT2D eigenvalue weighted by atomic mass is 16.6. The number of carbonyl (C=O) groups is 1. The molecule has 1 aliphatic heterocycles. The molecule has 0 aliphatic carbocycles. The maximum atomic E-state index is 13.8. The van der Waals surface area contributed by atoms with E-state index in [4.69, 9.17) is 9.47 Å². The minimum absolute atomic E-state index is 0.336. The minimum atomic E-state index is -1.21. The zero-order chi connectivity index (χ0) is 30.3. The molecule has 7 rings (SSSR count). The summed E-state index contributed by atoms with van der Waals surface area (Å²) in [6.07, 6.45) is 0. The average molecular weight is 579 g/mol. The summed E-state index contributed by atoms with van der Waals surface area (Å²) in [4.78, 5) is 15.9. The lowest BCUT2D eigenvalue weighted by atomic mass is 9.77. The molecule has 1 atom stereocenters. The Morgan fingerprint density at radius 1 is 0.818 bits per heavy atom. The van der Waals surface area contributed by atoms with Gasteiger partial charge in [0.2, 0.25) is 0 Å². The number of aromatic nitrogens is 1. The number of benzene rings is 5. The lowest BCUT2D eigenvalue weighted by Crippen LogP contribution is -2.30. The molecule has 0 radical (unpaired) electrons. The molecule has 218 valence electrons. The Morgan fingerprint density at radius 3 is 2.25 bits per heavy atom. The summed E-state index contributed by atoms with van der Waals surface area (Å²) in [5.74, 6) is 0.374. The molecule has 5 nitrogen and oxygen atoms in total. The van der Waals surface area contributed by atoms with Crippen LogP contribution in [0.1, 0.15) is 39.5 Å². The second-order valence-electron chi connectivity index (χ2n) is 11.2. The van der Waals surface area contributed by atoms with Crippen LogP contribution in [0.25, 0.3) is 22.2 Å². The van der Waals surface area contributed by atoms with Crippen molar-refractivity contribution in [2.24, 2.45) is 0 Å².